The van der Waals surface area contributed by atoms with Gasteiger partial charge in [0.15, 0.2) is 0 Å². The van der Waals surface area contributed by atoms with E-state index in [0.29, 0.717) is 0 Å². The summed E-state index contributed by atoms with van der Waals surface area (Å²) >= 11 is 0. The zero-order chi connectivity index (χ0) is 9.68. The summed E-state index contributed by atoms with van der Waals surface area (Å²) < 4.78 is 5.21. The second-order valence-electron chi connectivity index (χ2n) is 3.18. The molecule has 0 bridgehead atoms. The van der Waals surface area contributed by atoms with E-state index < -0.39 is 0 Å². The lowest BCUT2D eigenvalue weighted by molar-refractivity contribution is 0.474. The molecule has 1 aromatic heterocycles. The van der Waals surface area contributed by atoms with E-state index in [1.165, 1.54) is 0 Å². The topological polar surface area (TPSA) is 51.2 Å². The van der Waals surface area contributed by atoms with Gasteiger partial charge in [-0.1, -0.05) is 12.2 Å². The molecule has 3 N–H and O–H groups in total. The zero-order valence-corrected chi connectivity index (χ0v) is 7.92. The van der Waals surface area contributed by atoms with Gasteiger partial charge in [-0.05, 0) is 25.5 Å². The first-order chi connectivity index (χ1) is 6.24. The molecule has 3 nitrogen and oxygen atoms in total. The van der Waals surface area contributed by atoms with Gasteiger partial charge in [0.05, 0.1) is 6.26 Å². The van der Waals surface area contributed by atoms with Crippen molar-refractivity contribution in [2.75, 3.05) is 0 Å². The Hall–Kier alpha value is -1.06. The molecular formula is C10H16N2O. The van der Waals surface area contributed by atoms with Crippen LogP contribution in [0.1, 0.15) is 19.1 Å². The van der Waals surface area contributed by atoms with Crippen molar-refractivity contribution in [1.29, 1.82) is 0 Å². The fourth-order valence-electron chi connectivity index (χ4n) is 1.21. The van der Waals surface area contributed by atoms with E-state index in [1.807, 2.05) is 19.1 Å². The fraction of sp³-hybridized carbons (Fsp3) is 0.400. The molecular weight excluding hydrogens is 164 g/mol. The third kappa shape index (κ3) is 3.05. The summed E-state index contributed by atoms with van der Waals surface area (Å²) in [7, 11) is 0. The first-order valence-electron chi connectivity index (χ1n) is 4.38. The van der Waals surface area contributed by atoms with E-state index in [-0.39, 0.29) is 6.04 Å². The van der Waals surface area contributed by atoms with Crippen molar-refractivity contribution in [1.82, 2.24) is 5.43 Å². The van der Waals surface area contributed by atoms with Crippen molar-refractivity contribution >= 4 is 0 Å². The third-order valence-electron chi connectivity index (χ3n) is 2.06. The minimum absolute atomic E-state index is 0.171. The van der Waals surface area contributed by atoms with Crippen molar-refractivity contribution in [2.24, 2.45) is 5.84 Å². The number of aryl methyl sites for hydroxylation is 1. The maximum Gasteiger partial charge on any atom is 0.103 e. The van der Waals surface area contributed by atoms with E-state index >= 15 is 0 Å². The Balaban J connectivity index is 2.36. The highest BCUT2D eigenvalue weighted by atomic mass is 16.3. The first kappa shape index (κ1) is 10.0. The van der Waals surface area contributed by atoms with Crippen LogP contribution < -0.4 is 11.3 Å². The van der Waals surface area contributed by atoms with E-state index in [9.17, 15) is 0 Å². The van der Waals surface area contributed by atoms with Crippen molar-refractivity contribution in [3.63, 3.8) is 0 Å². The van der Waals surface area contributed by atoms with E-state index in [1.54, 1.807) is 6.26 Å². The Labute approximate surface area is 78.6 Å². The number of hydrazine groups is 1. The average molecular weight is 180 g/mol. The van der Waals surface area contributed by atoms with Gasteiger partial charge in [-0.25, -0.2) is 0 Å². The molecule has 13 heavy (non-hydrogen) atoms. The highest BCUT2D eigenvalue weighted by Crippen LogP contribution is 2.09. The molecule has 0 saturated heterocycles. The summed E-state index contributed by atoms with van der Waals surface area (Å²) in [6.07, 6.45) is 3.48. The summed E-state index contributed by atoms with van der Waals surface area (Å²) in [5.41, 5.74) is 3.77. The third-order valence-corrected chi connectivity index (χ3v) is 2.06. The largest absolute Gasteiger partial charge is 0.469 e. The predicted octanol–water partition coefficient (Wildman–Crippen LogP) is 1.62. The predicted molar refractivity (Wildman–Crippen MR) is 53.0 cm³/mol. The summed E-state index contributed by atoms with van der Waals surface area (Å²) in [5, 5.41) is 0. The molecule has 1 unspecified atom stereocenters. The van der Waals surface area contributed by atoms with E-state index in [0.717, 1.165) is 24.2 Å². The Bertz CT molecular complexity index is 254. The Morgan fingerprint density at radius 1 is 1.77 bits per heavy atom. The molecule has 1 aromatic rings. The summed E-state index contributed by atoms with van der Waals surface area (Å²) in [6.45, 7) is 5.82. The monoisotopic (exact) mass is 180 g/mol. The van der Waals surface area contributed by atoms with Crippen LogP contribution in [0.5, 0.6) is 0 Å². The van der Waals surface area contributed by atoms with Crippen molar-refractivity contribution in [2.45, 2.75) is 25.8 Å². The van der Waals surface area contributed by atoms with E-state index in [4.69, 9.17) is 10.3 Å². The standard InChI is InChI=1S/C10H16N2O/c1-8(2)10(12-11)6-5-9-4-3-7-13-9/h3-4,7,10,12H,1,5-6,11H2,2H3. The lowest BCUT2D eigenvalue weighted by atomic mass is 10.1. The minimum Gasteiger partial charge on any atom is -0.469 e. The molecule has 0 amide bonds. The lowest BCUT2D eigenvalue weighted by Crippen LogP contribution is -2.36. The number of rotatable bonds is 5. The van der Waals surface area contributed by atoms with Crippen LogP contribution in [0.3, 0.4) is 0 Å². The van der Waals surface area contributed by atoms with E-state index in [2.05, 4.69) is 12.0 Å². The molecule has 0 aromatic carbocycles. The molecule has 3 heteroatoms. The van der Waals surface area contributed by atoms with Crippen LogP contribution in [0.15, 0.2) is 35.0 Å². The molecule has 0 saturated carbocycles. The van der Waals surface area contributed by atoms with Crippen molar-refractivity contribution in [3.05, 3.63) is 36.3 Å². The molecule has 72 valence electrons. The van der Waals surface area contributed by atoms with Crippen molar-refractivity contribution < 1.29 is 4.42 Å². The fourth-order valence-corrected chi connectivity index (χ4v) is 1.21. The van der Waals surface area contributed by atoms with Crippen LogP contribution in [-0.2, 0) is 6.42 Å². The van der Waals surface area contributed by atoms with Gasteiger partial charge in [0.1, 0.15) is 5.76 Å². The van der Waals surface area contributed by atoms with Gasteiger partial charge < -0.3 is 4.42 Å². The smallest absolute Gasteiger partial charge is 0.103 e. The SMILES string of the molecule is C=C(C)C(CCc1ccco1)NN. The minimum atomic E-state index is 0.171. The quantitative estimate of drug-likeness (QED) is 0.411. The molecule has 0 fully saturated rings. The van der Waals surface area contributed by atoms with Crippen LogP contribution in [-0.4, -0.2) is 6.04 Å². The molecule has 0 aliphatic carbocycles. The maximum atomic E-state index is 5.37. The van der Waals surface area contributed by atoms with Crippen LogP contribution in [0.25, 0.3) is 0 Å². The number of nitrogens with one attached hydrogen (secondary N) is 1. The van der Waals surface area contributed by atoms with Gasteiger partial charge in [0, 0.05) is 12.5 Å². The van der Waals surface area contributed by atoms with Gasteiger partial charge in [0.2, 0.25) is 0 Å². The molecule has 1 heterocycles. The number of nitrogens with two attached hydrogens (primary N) is 1. The maximum absolute atomic E-state index is 5.37. The van der Waals surface area contributed by atoms with Gasteiger partial charge in [0.25, 0.3) is 0 Å². The van der Waals surface area contributed by atoms with Crippen molar-refractivity contribution in [3.8, 4) is 0 Å². The average Bonchev–Trinajstić information content (AvgIpc) is 2.57. The van der Waals surface area contributed by atoms with Gasteiger partial charge in [-0.2, -0.15) is 0 Å². The molecule has 1 rings (SSSR count). The lowest BCUT2D eigenvalue weighted by Gasteiger charge is -2.14. The first-order valence-corrected chi connectivity index (χ1v) is 4.38. The van der Waals surface area contributed by atoms with Crippen LogP contribution >= 0.6 is 0 Å². The molecule has 0 aliphatic rings. The molecule has 0 spiro atoms. The van der Waals surface area contributed by atoms with Gasteiger partial charge in [-0.3, -0.25) is 11.3 Å². The van der Waals surface area contributed by atoms with Crippen LogP contribution in [0.2, 0.25) is 0 Å². The second-order valence-corrected chi connectivity index (χ2v) is 3.18. The number of hydrogen-bond acceptors (Lipinski definition) is 3. The van der Waals surface area contributed by atoms with Crippen LogP contribution in [0.4, 0.5) is 0 Å². The highest BCUT2D eigenvalue weighted by molar-refractivity contribution is 5.04. The summed E-state index contributed by atoms with van der Waals surface area (Å²) in [4.78, 5) is 0. The number of hydrogen-bond donors (Lipinski definition) is 2. The normalized spacial score (nSPS) is 12.8. The summed E-state index contributed by atoms with van der Waals surface area (Å²) in [6, 6.07) is 4.03. The van der Waals surface area contributed by atoms with Gasteiger partial charge in [-0.15, -0.1) is 0 Å². The Morgan fingerprint density at radius 3 is 3.00 bits per heavy atom. The molecule has 0 radical (unpaired) electrons. The molecule has 1 atom stereocenters. The summed E-state index contributed by atoms with van der Waals surface area (Å²) in [5.74, 6) is 6.36. The van der Waals surface area contributed by atoms with Crippen LogP contribution in [0, 0.1) is 0 Å². The molecule has 0 aliphatic heterocycles. The second kappa shape index (κ2) is 4.84. The number of furan rings is 1. The van der Waals surface area contributed by atoms with Gasteiger partial charge >= 0.3 is 0 Å². The Kier molecular flexibility index (Phi) is 3.73. The zero-order valence-electron chi connectivity index (χ0n) is 7.92. The highest BCUT2D eigenvalue weighted by Gasteiger charge is 2.07. The Morgan fingerprint density at radius 2 is 2.54 bits per heavy atom.